The van der Waals surface area contributed by atoms with Crippen molar-refractivity contribution >= 4 is 12.2 Å². The van der Waals surface area contributed by atoms with Gasteiger partial charge in [0.2, 0.25) is 0 Å². The fourth-order valence-corrected chi connectivity index (χ4v) is 2.05. The number of aryl methyl sites for hydroxylation is 1. The minimum Gasteiger partial charge on any atom is -0.444 e. The average Bonchev–Trinajstić information content (AvgIpc) is 2.89. The molecular formula is C14H16N2O4. The highest BCUT2D eigenvalue weighted by molar-refractivity contribution is 5.74. The zero-order valence-corrected chi connectivity index (χ0v) is 11.2. The van der Waals surface area contributed by atoms with Gasteiger partial charge in [-0.15, -0.1) is 0 Å². The van der Waals surface area contributed by atoms with Crippen LogP contribution in [-0.2, 0) is 4.74 Å². The molecule has 0 aliphatic heterocycles. The van der Waals surface area contributed by atoms with Gasteiger partial charge >= 0.3 is 12.2 Å². The Morgan fingerprint density at radius 1 is 1.15 bits per heavy atom. The molecule has 0 spiro atoms. The first-order chi connectivity index (χ1) is 9.63. The van der Waals surface area contributed by atoms with Gasteiger partial charge in [0.25, 0.3) is 0 Å². The summed E-state index contributed by atoms with van der Waals surface area (Å²) in [4.78, 5) is 22.7. The Bertz CT molecular complexity index is 522. The molecule has 1 fully saturated rings. The second kappa shape index (κ2) is 6.79. The lowest BCUT2D eigenvalue weighted by Crippen LogP contribution is -2.11. The first-order valence-corrected chi connectivity index (χ1v) is 6.54. The number of hydrogen-bond donors (Lipinski definition) is 0. The van der Waals surface area contributed by atoms with Crippen molar-refractivity contribution in [1.82, 2.24) is 0 Å². The van der Waals surface area contributed by atoms with Gasteiger partial charge in [-0.05, 0) is 50.3 Å². The van der Waals surface area contributed by atoms with Crippen LogP contribution in [0.25, 0.3) is 0 Å². The number of azo groups is 1. The van der Waals surface area contributed by atoms with Crippen LogP contribution in [0.3, 0.4) is 0 Å². The molecule has 1 saturated carbocycles. The van der Waals surface area contributed by atoms with Gasteiger partial charge in [0.1, 0.15) is 11.9 Å². The monoisotopic (exact) mass is 276 g/mol. The van der Waals surface area contributed by atoms with Gasteiger partial charge in [0.05, 0.1) is 0 Å². The Balaban J connectivity index is 1.81. The van der Waals surface area contributed by atoms with Crippen LogP contribution in [0.2, 0.25) is 0 Å². The third kappa shape index (κ3) is 4.46. The molecule has 0 atom stereocenters. The molecule has 20 heavy (non-hydrogen) atoms. The summed E-state index contributed by atoms with van der Waals surface area (Å²) >= 11 is 0. The van der Waals surface area contributed by atoms with Gasteiger partial charge in [0, 0.05) is 0 Å². The Hall–Kier alpha value is -2.24. The normalized spacial score (nSPS) is 15.4. The van der Waals surface area contributed by atoms with Gasteiger partial charge in [-0.3, -0.25) is 0 Å². The van der Waals surface area contributed by atoms with Crippen molar-refractivity contribution in [3.8, 4) is 5.75 Å². The molecule has 2 amide bonds. The second-order valence-corrected chi connectivity index (χ2v) is 4.67. The first kappa shape index (κ1) is 14.2. The van der Waals surface area contributed by atoms with E-state index in [2.05, 4.69) is 10.2 Å². The average molecular weight is 276 g/mol. The van der Waals surface area contributed by atoms with Crippen molar-refractivity contribution in [3.05, 3.63) is 29.8 Å². The molecule has 1 aromatic carbocycles. The van der Waals surface area contributed by atoms with E-state index in [0.717, 1.165) is 31.2 Å². The summed E-state index contributed by atoms with van der Waals surface area (Å²) < 4.78 is 9.93. The van der Waals surface area contributed by atoms with Gasteiger partial charge in [-0.25, -0.2) is 9.59 Å². The summed E-state index contributed by atoms with van der Waals surface area (Å²) in [6.45, 7) is 1.87. The van der Waals surface area contributed by atoms with Crippen molar-refractivity contribution in [1.29, 1.82) is 0 Å². The van der Waals surface area contributed by atoms with E-state index in [0.29, 0.717) is 5.75 Å². The van der Waals surface area contributed by atoms with Crippen LogP contribution >= 0.6 is 0 Å². The summed E-state index contributed by atoms with van der Waals surface area (Å²) in [6, 6.07) is 6.93. The van der Waals surface area contributed by atoms with Crippen molar-refractivity contribution < 1.29 is 19.1 Å². The third-order valence-corrected chi connectivity index (χ3v) is 2.98. The molecule has 6 heteroatoms. The van der Waals surface area contributed by atoms with Gasteiger partial charge in [-0.1, -0.05) is 22.4 Å². The largest absolute Gasteiger partial charge is 0.458 e. The zero-order chi connectivity index (χ0) is 14.4. The third-order valence-electron chi connectivity index (χ3n) is 2.98. The molecule has 0 heterocycles. The van der Waals surface area contributed by atoms with Crippen molar-refractivity contribution in [2.45, 2.75) is 38.7 Å². The van der Waals surface area contributed by atoms with Crippen molar-refractivity contribution in [2.24, 2.45) is 10.2 Å². The fraction of sp³-hybridized carbons (Fsp3) is 0.429. The molecule has 1 aliphatic rings. The van der Waals surface area contributed by atoms with E-state index >= 15 is 0 Å². The lowest BCUT2D eigenvalue weighted by molar-refractivity contribution is 0.108. The maximum absolute atomic E-state index is 11.4. The molecule has 106 valence electrons. The van der Waals surface area contributed by atoms with Crippen molar-refractivity contribution in [3.63, 3.8) is 0 Å². The molecule has 0 radical (unpaired) electrons. The molecule has 2 rings (SSSR count). The molecule has 1 aromatic rings. The highest BCUT2D eigenvalue weighted by Gasteiger charge is 2.19. The molecule has 1 aliphatic carbocycles. The molecular weight excluding hydrogens is 260 g/mol. The highest BCUT2D eigenvalue weighted by Crippen LogP contribution is 2.21. The predicted octanol–water partition coefficient (Wildman–Crippen LogP) is 4.03. The maximum atomic E-state index is 11.4. The quantitative estimate of drug-likeness (QED) is 0.764. The number of ether oxygens (including phenoxy) is 2. The lowest BCUT2D eigenvalue weighted by Gasteiger charge is -2.06. The fourth-order valence-electron chi connectivity index (χ4n) is 2.05. The van der Waals surface area contributed by atoms with Gasteiger partial charge in [-0.2, -0.15) is 0 Å². The summed E-state index contributed by atoms with van der Waals surface area (Å²) in [5.74, 6) is 0.359. The standard InChI is InChI=1S/C14H16N2O4/c1-10-5-4-8-12(9-10)20-14(18)16-15-13(17)19-11-6-2-3-7-11/h4-5,8-9,11H,2-3,6-7H2,1H3/b16-15+. The molecule has 0 unspecified atom stereocenters. The lowest BCUT2D eigenvalue weighted by atomic mass is 10.2. The number of carbonyl (C=O) groups is 2. The van der Waals surface area contributed by atoms with Crippen LogP contribution in [0.5, 0.6) is 5.75 Å². The molecule has 0 bridgehead atoms. The van der Waals surface area contributed by atoms with E-state index in [1.54, 1.807) is 18.2 Å². The number of benzene rings is 1. The van der Waals surface area contributed by atoms with Crippen LogP contribution < -0.4 is 4.74 Å². The Morgan fingerprint density at radius 3 is 2.55 bits per heavy atom. The van der Waals surface area contributed by atoms with E-state index in [9.17, 15) is 9.59 Å². The summed E-state index contributed by atoms with van der Waals surface area (Å²) in [7, 11) is 0. The Kier molecular flexibility index (Phi) is 4.81. The Morgan fingerprint density at radius 2 is 1.85 bits per heavy atom. The van der Waals surface area contributed by atoms with Crippen LogP contribution in [0, 0.1) is 6.92 Å². The number of rotatable bonds is 2. The minimum atomic E-state index is -0.945. The number of amides is 2. The van der Waals surface area contributed by atoms with Crippen LogP contribution in [-0.4, -0.2) is 18.3 Å². The molecule has 0 aromatic heterocycles. The van der Waals surface area contributed by atoms with Crippen LogP contribution in [0.1, 0.15) is 31.2 Å². The number of carbonyl (C=O) groups excluding carboxylic acids is 2. The first-order valence-electron chi connectivity index (χ1n) is 6.54. The summed E-state index contributed by atoms with van der Waals surface area (Å²) in [5.41, 5.74) is 0.952. The number of hydrogen-bond acceptors (Lipinski definition) is 4. The second-order valence-electron chi connectivity index (χ2n) is 4.67. The molecule has 0 N–H and O–H groups in total. The Labute approximate surface area is 116 Å². The van der Waals surface area contributed by atoms with E-state index in [1.807, 2.05) is 13.0 Å². The SMILES string of the molecule is Cc1cccc(OC(=O)/N=N/C(=O)OC2CCCC2)c1. The van der Waals surface area contributed by atoms with Crippen LogP contribution in [0.4, 0.5) is 9.59 Å². The van der Waals surface area contributed by atoms with E-state index in [4.69, 9.17) is 9.47 Å². The predicted molar refractivity (Wildman–Crippen MR) is 70.8 cm³/mol. The molecule has 0 saturated heterocycles. The van der Waals surface area contributed by atoms with E-state index in [1.165, 1.54) is 0 Å². The van der Waals surface area contributed by atoms with E-state index < -0.39 is 12.2 Å². The van der Waals surface area contributed by atoms with Gasteiger partial charge < -0.3 is 9.47 Å². The minimum absolute atomic E-state index is 0.103. The maximum Gasteiger partial charge on any atom is 0.458 e. The van der Waals surface area contributed by atoms with Gasteiger partial charge in [0.15, 0.2) is 0 Å². The highest BCUT2D eigenvalue weighted by atomic mass is 16.6. The summed E-state index contributed by atoms with van der Waals surface area (Å²) in [6.07, 6.45) is 1.88. The number of nitrogens with zero attached hydrogens (tertiary/aromatic N) is 2. The zero-order valence-electron chi connectivity index (χ0n) is 11.2. The smallest absolute Gasteiger partial charge is 0.444 e. The van der Waals surface area contributed by atoms with E-state index in [-0.39, 0.29) is 6.10 Å². The summed E-state index contributed by atoms with van der Waals surface area (Å²) in [5, 5.41) is 6.38. The van der Waals surface area contributed by atoms with Crippen molar-refractivity contribution in [2.75, 3.05) is 0 Å². The topological polar surface area (TPSA) is 77.3 Å². The van der Waals surface area contributed by atoms with Crippen LogP contribution in [0.15, 0.2) is 34.5 Å². The molecule has 6 nitrogen and oxygen atoms in total.